The Kier molecular flexibility index (Phi) is 2.34. The van der Waals surface area contributed by atoms with Crippen molar-refractivity contribution in [1.29, 1.82) is 0 Å². The first-order chi connectivity index (χ1) is 8.73. The highest BCUT2D eigenvalue weighted by molar-refractivity contribution is 5.88. The number of nitrogens with zero attached hydrogens (tertiary/aromatic N) is 1. The Hall–Kier alpha value is -1.20. The third kappa shape index (κ3) is 1.48. The Morgan fingerprint density at radius 3 is 2.47 bits per heavy atom. The second-order valence-corrected chi connectivity index (χ2v) is 6.45. The maximum atomic E-state index is 13.3. The van der Waals surface area contributed by atoms with Gasteiger partial charge >= 0.3 is 5.97 Å². The van der Waals surface area contributed by atoms with Gasteiger partial charge in [-0.1, -0.05) is 6.42 Å². The normalized spacial score (nSPS) is 43.1. The Bertz CT molecular complexity index is 467. The van der Waals surface area contributed by atoms with Crippen molar-refractivity contribution < 1.29 is 23.5 Å². The van der Waals surface area contributed by atoms with Gasteiger partial charge in [0.2, 0.25) is 5.91 Å². The van der Waals surface area contributed by atoms with E-state index in [4.69, 9.17) is 0 Å². The van der Waals surface area contributed by atoms with Gasteiger partial charge in [0.25, 0.3) is 5.92 Å². The molecule has 4 nitrogen and oxygen atoms in total. The molecular weight excluding hydrogens is 256 g/mol. The molecule has 0 spiro atoms. The number of alkyl halides is 2. The third-order valence-electron chi connectivity index (χ3n) is 5.31. The Morgan fingerprint density at radius 2 is 2.00 bits per heavy atom. The summed E-state index contributed by atoms with van der Waals surface area (Å²) in [5.74, 6) is -4.48. The van der Waals surface area contributed by atoms with Crippen LogP contribution in [0.2, 0.25) is 0 Å². The number of hydrogen-bond acceptors (Lipinski definition) is 2. The third-order valence-corrected chi connectivity index (χ3v) is 5.31. The standard InChI is InChI=1S/C13H17F2NO3/c1-11(6-13(11,14)15)9(17)16-5-8-3-2-4-12(8,7-16)10(18)19/h8H,2-7H2,1H3,(H,18,19)/t8-,11?,12+/m0/s1. The molecule has 1 N–H and O–H groups in total. The molecule has 2 aliphatic carbocycles. The number of carboxylic acid groups (broad SMARTS) is 1. The van der Waals surface area contributed by atoms with E-state index in [2.05, 4.69) is 0 Å². The van der Waals surface area contributed by atoms with Gasteiger partial charge < -0.3 is 10.0 Å². The number of fused-ring (bicyclic) bond motifs is 1. The predicted octanol–water partition coefficient (Wildman–Crippen LogP) is 1.75. The van der Waals surface area contributed by atoms with Crippen LogP contribution >= 0.6 is 0 Å². The summed E-state index contributed by atoms with van der Waals surface area (Å²) >= 11 is 0. The van der Waals surface area contributed by atoms with E-state index in [1.54, 1.807) is 0 Å². The molecule has 1 saturated heterocycles. The van der Waals surface area contributed by atoms with Gasteiger partial charge in [-0.2, -0.15) is 0 Å². The molecule has 3 fully saturated rings. The molecule has 3 aliphatic rings. The molecule has 1 aliphatic heterocycles. The largest absolute Gasteiger partial charge is 0.481 e. The van der Waals surface area contributed by atoms with E-state index >= 15 is 0 Å². The number of aliphatic carboxylic acids is 1. The molecular formula is C13H17F2NO3. The van der Waals surface area contributed by atoms with Crippen molar-refractivity contribution in [2.24, 2.45) is 16.7 Å². The molecule has 1 amide bonds. The second-order valence-electron chi connectivity index (χ2n) is 6.45. The maximum Gasteiger partial charge on any atom is 0.311 e. The highest BCUT2D eigenvalue weighted by Crippen LogP contribution is 2.62. The minimum absolute atomic E-state index is 0.0788. The molecule has 3 atom stereocenters. The fourth-order valence-electron chi connectivity index (χ4n) is 3.77. The average molecular weight is 273 g/mol. The lowest BCUT2D eigenvalue weighted by Gasteiger charge is -2.24. The molecule has 0 aromatic heterocycles. The van der Waals surface area contributed by atoms with Gasteiger partial charge in [-0.15, -0.1) is 0 Å². The van der Waals surface area contributed by atoms with Gasteiger partial charge in [-0.3, -0.25) is 9.59 Å². The van der Waals surface area contributed by atoms with Gasteiger partial charge in [-0.25, -0.2) is 8.78 Å². The van der Waals surface area contributed by atoms with Crippen LogP contribution in [0.15, 0.2) is 0 Å². The molecule has 3 rings (SSSR count). The van der Waals surface area contributed by atoms with Crippen LogP contribution in [0, 0.1) is 16.7 Å². The number of rotatable bonds is 2. The SMILES string of the molecule is CC1(C(=O)N2C[C@@H]3CCC[C@@]3(C(=O)O)C2)CC1(F)F. The smallest absolute Gasteiger partial charge is 0.311 e. The Labute approximate surface area is 109 Å². The summed E-state index contributed by atoms with van der Waals surface area (Å²) in [6, 6.07) is 0. The molecule has 0 bridgehead atoms. The lowest BCUT2D eigenvalue weighted by Crippen LogP contribution is -2.40. The van der Waals surface area contributed by atoms with Crippen LogP contribution in [0.1, 0.15) is 32.6 Å². The lowest BCUT2D eigenvalue weighted by atomic mass is 9.81. The number of halogens is 2. The maximum absolute atomic E-state index is 13.3. The highest BCUT2D eigenvalue weighted by atomic mass is 19.3. The quantitative estimate of drug-likeness (QED) is 0.833. The van der Waals surface area contributed by atoms with Crippen LogP contribution in [-0.2, 0) is 9.59 Å². The Morgan fingerprint density at radius 1 is 1.37 bits per heavy atom. The van der Waals surface area contributed by atoms with E-state index in [0.717, 1.165) is 12.8 Å². The van der Waals surface area contributed by atoms with Crippen molar-refractivity contribution in [3.05, 3.63) is 0 Å². The molecule has 19 heavy (non-hydrogen) atoms. The van der Waals surface area contributed by atoms with Gasteiger partial charge in [-0.05, 0) is 25.7 Å². The number of carboxylic acids is 1. The molecule has 6 heteroatoms. The summed E-state index contributed by atoms with van der Waals surface area (Å²) in [5.41, 5.74) is -2.50. The summed E-state index contributed by atoms with van der Waals surface area (Å²) in [7, 11) is 0. The number of amides is 1. The molecule has 106 valence electrons. The van der Waals surface area contributed by atoms with E-state index in [1.165, 1.54) is 11.8 Å². The van der Waals surface area contributed by atoms with Gasteiger partial charge in [0.05, 0.1) is 5.41 Å². The lowest BCUT2D eigenvalue weighted by molar-refractivity contribution is -0.150. The molecule has 0 aromatic carbocycles. The summed E-state index contributed by atoms with van der Waals surface area (Å²) in [4.78, 5) is 25.0. The number of carbonyl (C=O) groups excluding carboxylic acids is 1. The van der Waals surface area contributed by atoms with Crippen molar-refractivity contribution >= 4 is 11.9 Å². The van der Waals surface area contributed by atoms with Crippen LogP contribution in [-0.4, -0.2) is 40.9 Å². The zero-order valence-electron chi connectivity index (χ0n) is 10.8. The van der Waals surface area contributed by atoms with Crippen LogP contribution in [0.4, 0.5) is 8.78 Å². The van der Waals surface area contributed by atoms with E-state index in [-0.39, 0.29) is 12.5 Å². The highest BCUT2D eigenvalue weighted by Gasteiger charge is 2.74. The fourth-order valence-corrected chi connectivity index (χ4v) is 3.77. The first-order valence-corrected chi connectivity index (χ1v) is 6.64. The van der Waals surface area contributed by atoms with Gasteiger partial charge in [0.1, 0.15) is 5.41 Å². The summed E-state index contributed by atoms with van der Waals surface area (Å²) in [6.45, 7) is 1.69. The minimum atomic E-state index is -2.93. The van der Waals surface area contributed by atoms with E-state index in [0.29, 0.717) is 13.0 Å². The monoisotopic (exact) mass is 273 g/mol. The van der Waals surface area contributed by atoms with Crippen LogP contribution in [0.3, 0.4) is 0 Å². The number of hydrogen-bond donors (Lipinski definition) is 1. The van der Waals surface area contributed by atoms with Gasteiger partial charge in [0, 0.05) is 19.5 Å². The van der Waals surface area contributed by atoms with Crippen molar-refractivity contribution in [2.75, 3.05) is 13.1 Å². The fraction of sp³-hybridized carbons (Fsp3) is 0.846. The molecule has 0 radical (unpaired) electrons. The minimum Gasteiger partial charge on any atom is -0.481 e. The van der Waals surface area contributed by atoms with Crippen LogP contribution in [0.25, 0.3) is 0 Å². The molecule has 2 saturated carbocycles. The Balaban J connectivity index is 1.80. The number of carbonyl (C=O) groups is 2. The zero-order valence-corrected chi connectivity index (χ0v) is 10.8. The number of likely N-dealkylation sites (tertiary alicyclic amines) is 1. The molecule has 1 unspecified atom stereocenters. The topological polar surface area (TPSA) is 57.6 Å². The van der Waals surface area contributed by atoms with E-state index in [1.807, 2.05) is 0 Å². The average Bonchev–Trinajstić information content (AvgIpc) is 2.69. The first kappa shape index (κ1) is 12.8. The summed E-state index contributed by atoms with van der Waals surface area (Å²) in [5, 5.41) is 9.41. The van der Waals surface area contributed by atoms with E-state index in [9.17, 15) is 23.5 Å². The summed E-state index contributed by atoms with van der Waals surface area (Å²) in [6.07, 6.45) is 1.74. The van der Waals surface area contributed by atoms with Gasteiger partial charge in [0.15, 0.2) is 0 Å². The van der Waals surface area contributed by atoms with Crippen molar-refractivity contribution in [3.63, 3.8) is 0 Å². The van der Waals surface area contributed by atoms with Crippen molar-refractivity contribution in [1.82, 2.24) is 4.90 Å². The first-order valence-electron chi connectivity index (χ1n) is 6.64. The molecule has 1 heterocycles. The molecule has 0 aromatic rings. The predicted molar refractivity (Wildman–Crippen MR) is 61.7 cm³/mol. The van der Waals surface area contributed by atoms with E-state index < -0.39 is 35.0 Å². The van der Waals surface area contributed by atoms with Crippen molar-refractivity contribution in [2.45, 2.75) is 38.5 Å². The van der Waals surface area contributed by atoms with Crippen LogP contribution in [0.5, 0.6) is 0 Å². The van der Waals surface area contributed by atoms with Crippen molar-refractivity contribution in [3.8, 4) is 0 Å². The zero-order chi connectivity index (χ0) is 14.1. The van der Waals surface area contributed by atoms with Crippen LogP contribution < -0.4 is 0 Å². The summed E-state index contributed by atoms with van der Waals surface area (Å²) < 4.78 is 26.5. The second kappa shape index (κ2) is 3.46.